The third-order valence-corrected chi connectivity index (χ3v) is 4.84. The second-order valence-electron chi connectivity index (χ2n) is 6.00. The van der Waals surface area contributed by atoms with Crippen LogP contribution < -0.4 is 5.32 Å². The minimum Gasteiger partial charge on any atom is -0.378 e. The lowest BCUT2D eigenvalue weighted by atomic mass is 9.75. The molecular weight excluding hydrogens is 270 g/mol. The van der Waals surface area contributed by atoms with Crippen LogP contribution in [0.25, 0.3) is 0 Å². The van der Waals surface area contributed by atoms with Gasteiger partial charge in [-0.3, -0.25) is 0 Å². The minimum atomic E-state index is 0.101. The highest BCUT2D eigenvalue weighted by atomic mass is 35.5. The van der Waals surface area contributed by atoms with E-state index in [2.05, 4.69) is 37.4 Å². The zero-order valence-electron chi connectivity index (χ0n) is 12.8. The number of likely N-dealkylation sites (N-methyl/N-ethyl adjacent to an activating group) is 1. The summed E-state index contributed by atoms with van der Waals surface area (Å²) in [5.41, 5.74) is 2.55. The van der Waals surface area contributed by atoms with Crippen LogP contribution in [0.4, 0.5) is 0 Å². The fraction of sp³-hybridized carbons (Fsp3) is 0.647. The van der Waals surface area contributed by atoms with E-state index in [4.69, 9.17) is 16.3 Å². The lowest BCUT2D eigenvalue weighted by Crippen LogP contribution is -2.46. The molecule has 1 fully saturated rings. The minimum absolute atomic E-state index is 0.101. The van der Waals surface area contributed by atoms with E-state index in [9.17, 15) is 0 Å². The molecule has 20 heavy (non-hydrogen) atoms. The van der Waals surface area contributed by atoms with E-state index < -0.39 is 0 Å². The molecule has 3 heteroatoms. The molecule has 1 N–H and O–H groups in total. The Hall–Kier alpha value is -0.570. The Morgan fingerprint density at radius 3 is 2.65 bits per heavy atom. The molecule has 112 valence electrons. The molecule has 2 rings (SSSR count). The smallest absolute Gasteiger partial charge is 0.0693 e. The Morgan fingerprint density at radius 1 is 1.40 bits per heavy atom. The molecule has 1 aliphatic rings. The van der Waals surface area contributed by atoms with Crippen LogP contribution in [0.3, 0.4) is 0 Å². The van der Waals surface area contributed by atoms with Crippen molar-refractivity contribution in [2.24, 2.45) is 0 Å². The number of benzene rings is 1. The van der Waals surface area contributed by atoms with Crippen LogP contribution in [0.1, 0.15) is 43.7 Å². The second kappa shape index (κ2) is 6.93. The molecule has 1 unspecified atom stereocenters. The first-order valence-corrected chi connectivity index (χ1v) is 8.00. The van der Waals surface area contributed by atoms with Crippen LogP contribution >= 0.6 is 11.6 Å². The summed E-state index contributed by atoms with van der Waals surface area (Å²) in [6.07, 6.45) is 5.71. The van der Waals surface area contributed by atoms with Crippen molar-refractivity contribution in [3.05, 3.63) is 34.3 Å². The average Bonchev–Trinajstić information content (AvgIpc) is 2.37. The summed E-state index contributed by atoms with van der Waals surface area (Å²) in [5, 5.41) is 4.47. The van der Waals surface area contributed by atoms with Gasteiger partial charge in [-0.05, 0) is 62.8 Å². The van der Waals surface area contributed by atoms with E-state index in [1.165, 1.54) is 30.4 Å². The Labute approximate surface area is 127 Å². The van der Waals surface area contributed by atoms with E-state index >= 15 is 0 Å². The van der Waals surface area contributed by atoms with Crippen molar-refractivity contribution in [2.75, 3.05) is 13.7 Å². The highest BCUT2D eigenvalue weighted by Crippen LogP contribution is 2.39. The van der Waals surface area contributed by atoms with Crippen LogP contribution in [0.5, 0.6) is 0 Å². The van der Waals surface area contributed by atoms with Crippen LogP contribution in [0.2, 0.25) is 5.02 Å². The normalized spacial score (nSPS) is 18.6. The highest BCUT2D eigenvalue weighted by molar-refractivity contribution is 6.31. The quantitative estimate of drug-likeness (QED) is 0.817. The molecule has 0 amide bonds. The summed E-state index contributed by atoms with van der Waals surface area (Å²) in [5.74, 6) is 0. The maximum absolute atomic E-state index is 6.37. The van der Waals surface area contributed by atoms with E-state index in [1.807, 2.05) is 7.11 Å². The Kier molecular flexibility index (Phi) is 5.48. The number of hydrogen-bond acceptors (Lipinski definition) is 2. The molecule has 1 aromatic rings. The number of hydrogen-bond donors (Lipinski definition) is 1. The Morgan fingerprint density at radius 2 is 2.15 bits per heavy atom. The van der Waals surface area contributed by atoms with Gasteiger partial charge in [0.05, 0.1) is 5.60 Å². The van der Waals surface area contributed by atoms with Gasteiger partial charge >= 0.3 is 0 Å². The zero-order chi connectivity index (χ0) is 14.6. The molecule has 0 aliphatic heterocycles. The molecule has 0 heterocycles. The molecule has 1 atom stereocenters. The summed E-state index contributed by atoms with van der Waals surface area (Å²) >= 11 is 6.37. The Balaban J connectivity index is 2.04. The van der Waals surface area contributed by atoms with Gasteiger partial charge in [0.15, 0.2) is 0 Å². The number of ether oxygens (including phenoxy) is 1. The molecule has 0 bridgehead atoms. The van der Waals surface area contributed by atoms with Crippen LogP contribution in [0.15, 0.2) is 18.2 Å². The average molecular weight is 296 g/mol. The first kappa shape index (κ1) is 15.8. The monoisotopic (exact) mass is 295 g/mol. The summed E-state index contributed by atoms with van der Waals surface area (Å²) in [6.45, 7) is 5.21. The van der Waals surface area contributed by atoms with Gasteiger partial charge in [0.2, 0.25) is 0 Å². The standard InChI is InChI=1S/C17H26ClNO/c1-4-19-15(12-17(20-3)8-5-9-17)11-14-7-6-13(2)10-16(14)18/h6-7,10,15,19H,4-5,8-9,11-12H2,1-3H3. The number of aryl methyl sites for hydroxylation is 1. The predicted molar refractivity (Wildman–Crippen MR) is 85.6 cm³/mol. The maximum Gasteiger partial charge on any atom is 0.0693 e. The molecule has 0 radical (unpaired) electrons. The largest absolute Gasteiger partial charge is 0.378 e. The molecule has 0 aromatic heterocycles. The van der Waals surface area contributed by atoms with Gasteiger partial charge in [0.25, 0.3) is 0 Å². The first-order valence-electron chi connectivity index (χ1n) is 7.62. The fourth-order valence-electron chi connectivity index (χ4n) is 3.10. The second-order valence-corrected chi connectivity index (χ2v) is 6.41. The SMILES string of the molecule is CCNC(Cc1ccc(C)cc1Cl)CC1(OC)CCC1. The number of nitrogens with one attached hydrogen (secondary N) is 1. The molecule has 0 spiro atoms. The molecular formula is C17H26ClNO. The fourth-order valence-corrected chi connectivity index (χ4v) is 3.41. The predicted octanol–water partition coefficient (Wildman–Crippen LogP) is 4.13. The van der Waals surface area contributed by atoms with Gasteiger partial charge in [-0.15, -0.1) is 0 Å². The van der Waals surface area contributed by atoms with Gasteiger partial charge in [-0.2, -0.15) is 0 Å². The van der Waals surface area contributed by atoms with Crippen LogP contribution in [-0.2, 0) is 11.2 Å². The summed E-state index contributed by atoms with van der Waals surface area (Å²) < 4.78 is 5.76. The van der Waals surface area contributed by atoms with Crippen molar-refractivity contribution in [3.8, 4) is 0 Å². The van der Waals surface area contributed by atoms with Gasteiger partial charge in [-0.25, -0.2) is 0 Å². The van der Waals surface area contributed by atoms with Crippen molar-refractivity contribution in [1.82, 2.24) is 5.32 Å². The van der Waals surface area contributed by atoms with E-state index in [-0.39, 0.29) is 5.60 Å². The number of rotatable bonds is 7. The van der Waals surface area contributed by atoms with Gasteiger partial charge < -0.3 is 10.1 Å². The van der Waals surface area contributed by atoms with Crippen molar-refractivity contribution < 1.29 is 4.74 Å². The summed E-state index contributed by atoms with van der Waals surface area (Å²) in [7, 11) is 1.85. The van der Waals surface area contributed by atoms with Crippen molar-refractivity contribution in [2.45, 2.75) is 57.6 Å². The van der Waals surface area contributed by atoms with Crippen molar-refractivity contribution in [3.63, 3.8) is 0 Å². The van der Waals surface area contributed by atoms with Gasteiger partial charge in [0, 0.05) is 18.2 Å². The number of halogens is 1. The summed E-state index contributed by atoms with van der Waals surface area (Å²) in [4.78, 5) is 0. The maximum atomic E-state index is 6.37. The molecule has 1 aromatic carbocycles. The molecule has 1 aliphatic carbocycles. The van der Waals surface area contributed by atoms with Crippen molar-refractivity contribution >= 4 is 11.6 Å². The van der Waals surface area contributed by atoms with E-state index in [0.29, 0.717) is 6.04 Å². The zero-order valence-corrected chi connectivity index (χ0v) is 13.6. The lowest BCUT2D eigenvalue weighted by Gasteiger charge is -2.43. The molecule has 2 nitrogen and oxygen atoms in total. The van der Waals surface area contributed by atoms with Crippen molar-refractivity contribution in [1.29, 1.82) is 0 Å². The summed E-state index contributed by atoms with van der Waals surface area (Å²) in [6, 6.07) is 6.78. The topological polar surface area (TPSA) is 21.3 Å². The van der Waals surface area contributed by atoms with Gasteiger partial charge in [-0.1, -0.05) is 30.7 Å². The first-order chi connectivity index (χ1) is 9.58. The Bertz CT molecular complexity index is 437. The van der Waals surface area contributed by atoms with Crippen LogP contribution in [0, 0.1) is 6.92 Å². The van der Waals surface area contributed by atoms with Crippen LogP contribution in [-0.4, -0.2) is 25.3 Å². The lowest BCUT2D eigenvalue weighted by molar-refractivity contribution is -0.0833. The van der Waals surface area contributed by atoms with Gasteiger partial charge in [0.1, 0.15) is 0 Å². The molecule has 1 saturated carbocycles. The molecule has 0 saturated heterocycles. The number of methoxy groups -OCH3 is 1. The highest BCUT2D eigenvalue weighted by Gasteiger charge is 2.38. The van der Waals surface area contributed by atoms with E-state index in [0.717, 1.165) is 24.4 Å². The third-order valence-electron chi connectivity index (χ3n) is 4.48. The third kappa shape index (κ3) is 3.75. The van der Waals surface area contributed by atoms with E-state index in [1.54, 1.807) is 0 Å².